The summed E-state index contributed by atoms with van der Waals surface area (Å²) in [6.45, 7) is 9.21. The zero-order valence-electron chi connectivity index (χ0n) is 11.5. The van der Waals surface area contributed by atoms with E-state index in [1.54, 1.807) is 20.8 Å². The Labute approximate surface area is 103 Å². The van der Waals surface area contributed by atoms with Crippen molar-refractivity contribution in [2.24, 2.45) is 5.92 Å². The Bertz CT molecular complexity index is 268. The van der Waals surface area contributed by atoms with Gasteiger partial charge in [0.15, 0.2) is 0 Å². The number of nitrogens with one attached hydrogen (secondary N) is 1. The van der Waals surface area contributed by atoms with Crippen molar-refractivity contribution in [1.82, 2.24) is 5.32 Å². The summed E-state index contributed by atoms with van der Waals surface area (Å²) in [7, 11) is 1.33. The van der Waals surface area contributed by atoms with Crippen molar-refractivity contribution in [2.45, 2.75) is 52.7 Å². The van der Waals surface area contributed by atoms with Crippen LogP contribution in [-0.4, -0.2) is 30.8 Å². The molecule has 17 heavy (non-hydrogen) atoms. The molecule has 0 aromatic rings. The van der Waals surface area contributed by atoms with Gasteiger partial charge in [0.05, 0.1) is 13.5 Å². The molecule has 0 fully saturated rings. The van der Waals surface area contributed by atoms with Crippen LogP contribution < -0.4 is 5.32 Å². The van der Waals surface area contributed by atoms with E-state index >= 15 is 0 Å². The van der Waals surface area contributed by atoms with Gasteiger partial charge in [-0.2, -0.15) is 0 Å². The van der Waals surface area contributed by atoms with Crippen LogP contribution in [0.1, 0.15) is 41.0 Å². The average molecular weight is 245 g/mol. The molecule has 0 bridgehead atoms. The molecule has 0 rings (SSSR count). The van der Waals surface area contributed by atoms with E-state index in [0.29, 0.717) is 0 Å². The number of carbonyl (C=O) groups is 2. The second kappa shape index (κ2) is 6.47. The van der Waals surface area contributed by atoms with Gasteiger partial charge in [0.1, 0.15) is 5.60 Å². The van der Waals surface area contributed by atoms with Crippen LogP contribution in [0, 0.1) is 5.92 Å². The number of rotatable bonds is 4. The summed E-state index contributed by atoms with van der Waals surface area (Å²) < 4.78 is 9.71. The fourth-order valence-corrected chi connectivity index (χ4v) is 1.18. The van der Waals surface area contributed by atoms with Crippen LogP contribution in [0.2, 0.25) is 0 Å². The molecule has 0 aliphatic rings. The third kappa shape index (κ3) is 7.60. The summed E-state index contributed by atoms with van der Waals surface area (Å²) in [5.74, 6) is -0.221. The lowest BCUT2D eigenvalue weighted by molar-refractivity contribution is -0.141. The highest BCUT2D eigenvalue weighted by Gasteiger charge is 2.23. The van der Waals surface area contributed by atoms with Crippen LogP contribution in [0.5, 0.6) is 0 Å². The Balaban J connectivity index is 4.35. The van der Waals surface area contributed by atoms with E-state index in [9.17, 15) is 9.59 Å². The molecule has 1 N–H and O–H groups in total. The lowest BCUT2D eigenvalue weighted by Crippen LogP contribution is -2.43. The lowest BCUT2D eigenvalue weighted by atomic mass is 10.0. The molecule has 0 saturated carbocycles. The van der Waals surface area contributed by atoms with Crippen LogP contribution >= 0.6 is 0 Å². The highest BCUT2D eigenvalue weighted by Crippen LogP contribution is 2.10. The molecule has 0 aromatic carbocycles. The van der Waals surface area contributed by atoms with Crippen LogP contribution in [0.4, 0.5) is 4.79 Å². The minimum atomic E-state index is -0.545. The maximum Gasteiger partial charge on any atom is 0.407 e. The fraction of sp³-hybridized carbons (Fsp3) is 0.833. The van der Waals surface area contributed by atoms with Crippen LogP contribution in [0.3, 0.4) is 0 Å². The molecular weight excluding hydrogens is 222 g/mol. The topological polar surface area (TPSA) is 64.6 Å². The van der Waals surface area contributed by atoms with E-state index in [0.717, 1.165) is 0 Å². The summed E-state index contributed by atoms with van der Waals surface area (Å²) in [4.78, 5) is 22.7. The van der Waals surface area contributed by atoms with Crippen molar-refractivity contribution in [3.8, 4) is 0 Å². The van der Waals surface area contributed by atoms with Gasteiger partial charge in [0.2, 0.25) is 0 Å². The zero-order chi connectivity index (χ0) is 13.6. The first-order valence-corrected chi connectivity index (χ1v) is 5.72. The van der Waals surface area contributed by atoms with Gasteiger partial charge >= 0.3 is 12.1 Å². The Morgan fingerprint density at radius 1 is 1.24 bits per heavy atom. The van der Waals surface area contributed by atoms with Crippen LogP contribution in [-0.2, 0) is 14.3 Å². The highest BCUT2D eigenvalue weighted by atomic mass is 16.6. The van der Waals surface area contributed by atoms with Gasteiger partial charge in [0.25, 0.3) is 0 Å². The molecule has 0 aromatic heterocycles. The van der Waals surface area contributed by atoms with Gasteiger partial charge in [-0.15, -0.1) is 0 Å². The molecule has 0 heterocycles. The molecule has 0 aliphatic carbocycles. The Morgan fingerprint density at radius 2 is 1.76 bits per heavy atom. The van der Waals surface area contributed by atoms with Crippen LogP contribution in [0.25, 0.3) is 0 Å². The molecule has 0 spiro atoms. The van der Waals surface area contributed by atoms with Gasteiger partial charge in [-0.1, -0.05) is 13.8 Å². The minimum Gasteiger partial charge on any atom is -0.469 e. The van der Waals surface area contributed by atoms with E-state index in [1.807, 2.05) is 13.8 Å². The van der Waals surface area contributed by atoms with E-state index < -0.39 is 11.7 Å². The molecule has 1 amide bonds. The molecule has 5 heteroatoms. The normalized spacial score (nSPS) is 13.1. The Morgan fingerprint density at radius 3 is 2.12 bits per heavy atom. The van der Waals surface area contributed by atoms with Crippen molar-refractivity contribution < 1.29 is 19.1 Å². The molecule has 0 saturated heterocycles. The maximum atomic E-state index is 11.6. The molecule has 0 aliphatic heterocycles. The predicted molar refractivity (Wildman–Crippen MR) is 64.6 cm³/mol. The van der Waals surface area contributed by atoms with Crippen molar-refractivity contribution >= 4 is 12.1 Å². The third-order valence-electron chi connectivity index (χ3n) is 2.12. The Kier molecular flexibility index (Phi) is 5.99. The SMILES string of the molecule is COC(=O)C[C@@H](NC(=O)OC(C)(C)C)C(C)C. The van der Waals surface area contributed by atoms with Gasteiger partial charge in [-0.05, 0) is 26.7 Å². The average Bonchev–Trinajstić information content (AvgIpc) is 2.13. The van der Waals surface area contributed by atoms with Gasteiger partial charge in [-0.25, -0.2) is 4.79 Å². The number of amides is 1. The van der Waals surface area contributed by atoms with Gasteiger partial charge in [-0.3, -0.25) is 4.79 Å². The second-order valence-corrected chi connectivity index (χ2v) is 5.28. The summed E-state index contributed by atoms with van der Waals surface area (Å²) >= 11 is 0. The summed E-state index contributed by atoms with van der Waals surface area (Å²) in [6, 6.07) is -0.280. The second-order valence-electron chi connectivity index (χ2n) is 5.28. The predicted octanol–water partition coefficient (Wildman–Crippen LogP) is 2.10. The molecule has 0 radical (unpaired) electrons. The van der Waals surface area contributed by atoms with E-state index in [2.05, 4.69) is 10.1 Å². The largest absolute Gasteiger partial charge is 0.469 e. The van der Waals surface area contributed by atoms with Crippen molar-refractivity contribution in [1.29, 1.82) is 0 Å². The van der Waals surface area contributed by atoms with Crippen LogP contribution in [0.15, 0.2) is 0 Å². The summed E-state index contributed by atoms with van der Waals surface area (Å²) in [5.41, 5.74) is -0.545. The smallest absolute Gasteiger partial charge is 0.407 e. The lowest BCUT2D eigenvalue weighted by Gasteiger charge is -2.25. The van der Waals surface area contributed by atoms with E-state index in [1.165, 1.54) is 7.11 Å². The minimum absolute atomic E-state index is 0.126. The number of hydrogen-bond donors (Lipinski definition) is 1. The number of carbonyl (C=O) groups excluding carboxylic acids is 2. The Hall–Kier alpha value is -1.26. The number of methoxy groups -OCH3 is 1. The first-order valence-electron chi connectivity index (χ1n) is 5.72. The molecule has 100 valence electrons. The number of hydrogen-bond acceptors (Lipinski definition) is 4. The third-order valence-corrected chi connectivity index (χ3v) is 2.12. The standard InChI is InChI=1S/C12H23NO4/c1-8(2)9(7-10(14)16-6)13-11(15)17-12(3,4)5/h8-9H,7H2,1-6H3,(H,13,15)/t9-/m1/s1. The molecule has 5 nitrogen and oxygen atoms in total. The molecule has 1 atom stereocenters. The first kappa shape index (κ1) is 15.7. The monoisotopic (exact) mass is 245 g/mol. The molecule has 0 unspecified atom stereocenters. The van der Waals surface area contributed by atoms with Crippen molar-refractivity contribution in [3.05, 3.63) is 0 Å². The highest BCUT2D eigenvalue weighted by molar-refractivity contribution is 5.72. The summed E-state index contributed by atoms with van der Waals surface area (Å²) in [5, 5.41) is 2.68. The fourth-order valence-electron chi connectivity index (χ4n) is 1.18. The maximum absolute atomic E-state index is 11.6. The number of ether oxygens (including phenoxy) is 2. The summed E-state index contributed by atoms with van der Waals surface area (Å²) in [6.07, 6.45) is -0.368. The van der Waals surface area contributed by atoms with Gasteiger partial charge in [0, 0.05) is 6.04 Å². The van der Waals surface area contributed by atoms with Gasteiger partial charge < -0.3 is 14.8 Å². The number of esters is 1. The van der Waals surface area contributed by atoms with E-state index in [4.69, 9.17) is 4.74 Å². The zero-order valence-corrected chi connectivity index (χ0v) is 11.5. The van der Waals surface area contributed by atoms with Crippen molar-refractivity contribution in [2.75, 3.05) is 7.11 Å². The molecular formula is C12H23NO4. The number of alkyl carbamates (subject to hydrolysis) is 1. The van der Waals surface area contributed by atoms with Crippen molar-refractivity contribution in [3.63, 3.8) is 0 Å². The quantitative estimate of drug-likeness (QED) is 0.770. The first-order chi connectivity index (χ1) is 7.65. The van der Waals surface area contributed by atoms with E-state index in [-0.39, 0.29) is 24.3 Å².